The standard InChI is InChI=1S/C14H21FN2O/c1-2-18-13-4-3-12(14(15)11-13)5-8-17-9-6-16-7-10-17/h3-4,11,16H,2,5-10H2,1H3. The van der Waals surface area contributed by atoms with Crippen molar-refractivity contribution in [2.24, 2.45) is 0 Å². The quantitative estimate of drug-likeness (QED) is 0.863. The predicted octanol–water partition coefficient (Wildman–Crippen LogP) is 1.67. The van der Waals surface area contributed by atoms with Gasteiger partial charge in [-0.3, -0.25) is 0 Å². The monoisotopic (exact) mass is 252 g/mol. The maximum atomic E-state index is 13.8. The highest BCUT2D eigenvalue weighted by atomic mass is 19.1. The van der Waals surface area contributed by atoms with Gasteiger partial charge in [0.05, 0.1) is 6.61 Å². The van der Waals surface area contributed by atoms with Crippen molar-refractivity contribution in [1.82, 2.24) is 10.2 Å². The van der Waals surface area contributed by atoms with Crippen LogP contribution in [0.5, 0.6) is 5.75 Å². The molecule has 1 saturated heterocycles. The van der Waals surface area contributed by atoms with Crippen LogP contribution in [0.1, 0.15) is 12.5 Å². The molecule has 3 nitrogen and oxygen atoms in total. The van der Waals surface area contributed by atoms with Crippen molar-refractivity contribution in [2.45, 2.75) is 13.3 Å². The fourth-order valence-corrected chi connectivity index (χ4v) is 2.20. The first-order valence-electron chi connectivity index (χ1n) is 6.64. The zero-order valence-corrected chi connectivity index (χ0v) is 10.9. The Balaban J connectivity index is 1.88. The minimum atomic E-state index is -0.156. The lowest BCUT2D eigenvalue weighted by molar-refractivity contribution is 0.243. The van der Waals surface area contributed by atoms with Gasteiger partial charge in [-0.05, 0) is 25.0 Å². The van der Waals surface area contributed by atoms with E-state index in [9.17, 15) is 4.39 Å². The third-order valence-corrected chi connectivity index (χ3v) is 3.24. The second-order valence-electron chi connectivity index (χ2n) is 4.53. The van der Waals surface area contributed by atoms with Crippen LogP contribution in [-0.4, -0.2) is 44.2 Å². The maximum Gasteiger partial charge on any atom is 0.130 e. The normalized spacial score (nSPS) is 16.8. The van der Waals surface area contributed by atoms with E-state index >= 15 is 0 Å². The molecule has 1 aliphatic rings. The van der Waals surface area contributed by atoms with Crippen molar-refractivity contribution in [3.63, 3.8) is 0 Å². The van der Waals surface area contributed by atoms with Crippen LogP contribution < -0.4 is 10.1 Å². The Morgan fingerprint density at radius 2 is 2.11 bits per heavy atom. The molecule has 0 unspecified atom stereocenters. The number of halogens is 1. The molecular formula is C14H21FN2O. The molecule has 4 heteroatoms. The molecule has 0 aliphatic carbocycles. The Bertz CT molecular complexity index is 378. The molecule has 1 aliphatic heterocycles. The fraction of sp³-hybridized carbons (Fsp3) is 0.571. The lowest BCUT2D eigenvalue weighted by atomic mass is 10.1. The number of nitrogens with one attached hydrogen (secondary N) is 1. The van der Waals surface area contributed by atoms with Gasteiger partial charge in [-0.1, -0.05) is 6.07 Å². The van der Waals surface area contributed by atoms with Gasteiger partial charge in [-0.15, -0.1) is 0 Å². The lowest BCUT2D eigenvalue weighted by Crippen LogP contribution is -2.44. The summed E-state index contributed by atoms with van der Waals surface area (Å²) in [6, 6.07) is 5.17. The van der Waals surface area contributed by atoms with Crippen molar-refractivity contribution < 1.29 is 9.13 Å². The Morgan fingerprint density at radius 1 is 1.33 bits per heavy atom. The summed E-state index contributed by atoms with van der Waals surface area (Å²) in [6.07, 6.45) is 0.762. The molecule has 0 saturated carbocycles. The summed E-state index contributed by atoms with van der Waals surface area (Å²) in [6.45, 7) is 7.57. The van der Waals surface area contributed by atoms with Gasteiger partial charge in [-0.2, -0.15) is 0 Å². The molecule has 0 amide bonds. The van der Waals surface area contributed by atoms with Gasteiger partial charge >= 0.3 is 0 Å². The Labute approximate surface area is 108 Å². The van der Waals surface area contributed by atoms with Gasteiger partial charge in [0.2, 0.25) is 0 Å². The molecule has 1 N–H and O–H groups in total. The van der Waals surface area contributed by atoms with Crippen molar-refractivity contribution in [3.8, 4) is 5.75 Å². The number of rotatable bonds is 5. The number of benzene rings is 1. The molecule has 1 heterocycles. The zero-order valence-electron chi connectivity index (χ0n) is 10.9. The van der Waals surface area contributed by atoms with E-state index in [-0.39, 0.29) is 5.82 Å². The van der Waals surface area contributed by atoms with E-state index < -0.39 is 0 Å². The summed E-state index contributed by atoms with van der Waals surface area (Å²) >= 11 is 0. The van der Waals surface area contributed by atoms with Crippen LogP contribution in [0, 0.1) is 5.82 Å². The molecule has 1 aromatic carbocycles. The second-order valence-corrected chi connectivity index (χ2v) is 4.53. The van der Waals surface area contributed by atoms with Crippen molar-refractivity contribution >= 4 is 0 Å². The van der Waals surface area contributed by atoms with Crippen molar-refractivity contribution in [1.29, 1.82) is 0 Å². The minimum Gasteiger partial charge on any atom is -0.494 e. The Kier molecular flexibility index (Phi) is 4.96. The molecule has 2 rings (SSSR count). The van der Waals surface area contributed by atoms with Gasteiger partial charge < -0.3 is 15.0 Å². The SMILES string of the molecule is CCOc1ccc(CCN2CCNCC2)c(F)c1. The van der Waals surface area contributed by atoms with Crippen LogP contribution in [0.25, 0.3) is 0 Å². The summed E-state index contributed by atoms with van der Waals surface area (Å²) in [5.74, 6) is 0.456. The Hall–Kier alpha value is -1.13. The maximum absolute atomic E-state index is 13.8. The summed E-state index contributed by atoms with van der Waals surface area (Å²) in [7, 11) is 0. The largest absolute Gasteiger partial charge is 0.494 e. The first-order chi connectivity index (χ1) is 8.79. The lowest BCUT2D eigenvalue weighted by Gasteiger charge is -2.27. The second kappa shape index (κ2) is 6.71. The van der Waals surface area contributed by atoms with Crippen molar-refractivity contribution in [2.75, 3.05) is 39.3 Å². The number of hydrogen-bond donors (Lipinski definition) is 1. The molecular weight excluding hydrogens is 231 g/mol. The van der Waals surface area contributed by atoms with E-state index in [1.807, 2.05) is 19.1 Å². The van der Waals surface area contributed by atoms with Gasteiger partial charge in [-0.25, -0.2) is 4.39 Å². The molecule has 0 spiro atoms. The molecule has 0 atom stereocenters. The molecule has 100 valence electrons. The Morgan fingerprint density at radius 3 is 2.78 bits per heavy atom. The summed E-state index contributed by atoms with van der Waals surface area (Å²) in [5.41, 5.74) is 0.775. The highest BCUT2D eigenvalue weighted by Crippen LogP contribution is 2.17. The first kappa shape index (κ1) is 13.3. The highest BCUT2D eigenvalue weighted by Gasteiger charge is 2.11. The molecule has 1 fully saturated rings. The van der Waals surface area contributed by atoms with Crippen LogP contribution in [-0.2, 0) is 6.42 Å². The van der Waals surface area contributed by atoms with E-state index in [0.29, 0.717) is 12.4 Å². The van der Waals surface area contributed by atoms with E-state index in [1.54, 1.807) is 0 Å². The topological polar surface area (TPSA) is 24.5 Å². The smallest absolute Gasteiger partial charge is 0.130 e. The zero-order chi connectivity index (χ0) is 12.8. The number of nitrogens with zero attached hydrogens (tertiary/aromatic N) is 1. The molecule has 0 aromatic heterocycles. The number of piperazine rings is 1. The third-order valence-electron chi connectivity index (χ3n) is 3.24. The van der Waals surface area contributed by atoms with Crippen LogP contribution in [0.15, 0.2) is 18.2 Å². The number of ether oxygens (including phenoxy) is 1. The first-order valence-corrected chi connectivity index (χ1v) is 6.64. The summed E-state index contributed by atoms with van der Waals surface area (Å²) in [5, 5.41) is 3.31. The molecule has 0 bridgehead atoms. The number of hydrogen-bond acceptors (Lipinski definition) is 3. The van der Waals surface area contributed by atoms with Gasteiger partial charge in [0.15, 0.2) is 0 Å². The van der Waals surface area contributed by atoms with Gasteiger partial charge in [0.1, 0.15) is 11.6 Å². The van der Waals surface area contributed by atoms with Crippen LogP contribution in [0.2, 0.25) is 0 Å². The molecule has 18 heavy (non-hydrogen) atoms. The molecule has 1 aromatic rings. The van der Waals surface area contributed by atoms with E-state index in [0.717, 1.165) is 44.7 Å². The summed E-state index contributed by atoms with van der Waals surface area (Å²) < 4.78 is 19.1. The van der Waals surface area contributed by atoms with Gasteiger partial charge in [0.25, 0.3) is 0 Å². The summed E-state index contributed by atoms with van der Waals surface area (Å²) in [4.78, 5) is 2.37. The van der Waals surface area contributed by atoms with E-state index in [1.165, 1.54) is 6.07 Å². The predicted molar refractivity (Wildman–Crippen MR) is 70.6 cm³/mol. The van der Waals surface area contributed by atoms with E-state index in [2.05, 4.69) is 10.2 Å². The van der Waals surface area contributed by atoms with Crippen LogP contribution in [0.4, 0.5) is 4.39 Å². The van der Waals surface area contributed by atoms with Gasteiger partial charge in [0, 0.05) is 38.8 Å². The van der Waals surface area contributed by atoms with E-state index in [4.69, 9.17) is 4.74 Å². The van der Waals surface area contributed by atoms with Crippen LogP contribution in [0.3, 0.4) is 0 Å². The average molecular weight is 252 g/mol. The third kappa shape index (κ3) is 3.68. The average Bonchev–Trinajstić information content (AvgIpc) is 2.39. The fourth-order valence-electron chi connectivity index (χ4n) is 2.20. The molecule has 0 radical (unpaired) electrons. The van der Waals surface area contributed by atoms with Crippen LogP contribution >= 0.6 is 0 Å². The van der Waals surface area contributed by atoms with Crippen molar-refractivity contribution in [3.05, 3.63) is 29.6 Å². The minimum absolute atomic E-state index is 0.156. The highest BCUT2D eigenvalue weighted by molar-refractivity contribution is 5.29.